The second-order valence-electron chi connectivity index (χ2n) is 4.68. The minimum atomic E-state index is -0.201. The second-order valence-corrected chi connectivity index (χ2v) is 5.79. The van der Waals surface area contributed by atoms with Crippen LogP contribution in [-0.4, -0.2) is 23.1 Å². The number of amides is 1. The van der Waals surface area contributed by atoms with E-state index in [0.717, 1.165) is 12.8 Å². The van der Waals surface area contributed by atoms with Crippen LogP contribution in [-0.2, 0) is 4.79 Å². The monoisotopic (exact) mass is 355 g/mol. The number of rotatable bonds is 8. The smallest absolute Gasteiger partial charge is 0.224 e. The number of ketones is 1. The summed E-state index contributed by atoms with van der Waals surface area (Å²) < 4.78 is 5.54. The minimum Gasteiger partial charge on any atom is -0.492 e. The first-order chi connectivity index (χ1) is 10.0. The molecule has 4 nitrogen and oxygen atoms in total. The zero-order chi connectivity index (χ0) is 15.8. The molecule has 0 heterocycles. The molecular weight excluding hydrogens is 334 g/mol. The lowest BCUT2D eigenvalue weighted by Crippen LogP contribution is -2.15. The molecule has 1 N–H and O–H groups in total. The first kappa shape index (κ1) is 17.7. The molecule has 1 aromatic rings. The Hall–Kier alpha value is -1.36. The number of ether oxygens (including phenoxy) is 1. The third-order valence-electron chi connectivity index (χ3n) is 2.96. The number of carbonyl (C=O) groups is 2. The fraction of sp³-hybridized carbons (Fsp3) is 0.500. The van der Waals surface area contributed by atoms with Gasteiger partial charge in [0.05, 0.1) is 17.1 Å². The Balaban J connectivity index is 3.01. The molecule has 0 aliphatic heterocycles. The Labute approximate surface area is 134 Å². The minimum absolute atomic E-state index is 0.0184. The van der Waals surface area contributed by atoms with Crippen molar-refractivity contribution in [1.29, 1.82) is 0 Å². The number of benzene rings is 1. The van der Waals surface area contributed by atoms with Crippen LogP contribution < -0.4 is 10.1 Å². The predicted molar refractivity (Wildman–Crippen MR) is 88.5 cm³/mol. The van der Waals surface area contributed by atoms with Crippen LogP contribution in [0.1, 0.15) is 50.4 Å². The molecule has 21 heavy (non-hydrogen) atoms. The maximum Gasteiger partial charge on any atom is 0.224 e. The van der Waals surface area contributed by atoms with Crippen molar-refractivity contribution < 1.29 is 14.3 Å². The van der Waals surface area contributed by atoms with E-state index < -0.39 is 0 Å². The Morgan fingerprint density at radius 2 is 2.00 bits per heavy atom. The van der Waals surface area contributed by atoms with E-state index in [0.29, 0.717) is 30.0 Å². The Morgan fingerprint density at radius 1 is 1.29 bits per heavy atom. The van der Waals surface area contributed by atoms with Gasteiger partial charge >= 0.3 is 0 Å². The number of hydrogen-bond donors (Lipinski definition) is 1. The average molecular weight is 356 g/mol. The zero-order valence-corrected chi connectivity index (χ0v) is 14.3. The fourth-order valence-corrected chi connectivity index (χ4v) is 2.12. The van der Waals surface area contributed by atoms with E-state index >= 15 is 0 Å². The van der Waals surface area contributed by atoms with Gasteiger partial charge in [0.1, 0.15) is 5.75 Å². The molecule has 0 spiro atoms. The summed E-state index contributed by atoms with van der Waals surface area (Å²) in [5.74, 6) is 0.498. The predicted octanol–water partition coefficient (Wildman–Crippen LogP) is 4.18. The van der Waals surface area contributed by atoms with Crippen LogP contribution in [0, 0.1) is 0 Å². The van der Waals surface area contributed by atoms with Crippen molar-refractivity contribution in [2.75, 3.05) is 11.9 Å². The summed E-state index contributed by atoms with van der Waals surface area (Å²) in [6.07, 6.45) is 1.97. The highest BCUT2D eigenvalue weighted by molar-refractivity contribution is 9.10. The molecule has 0 radical (unpaired) electrons. The first-order valence-electron chi connectivity index (χ1n) is 7.28. The molecule has 0 saturated carbocycles. The fourth-order valence-electron chi connectivity index (χ4n) is 1.86. The van der Waals surface area contributed by atoms with Crippen LogP contribution in [0.2, 0.25) is 0 Å². The number of alkyl halides is 1. The molecule has 0 fully saturated rings. The molecule has 1 atom stereocenters. The standard InChI is InChI=1S/C16H22BrNO3/c1-4-7-15(19)18-13-9-8-11(10-14(13)21-6-3)16(20)12(17)5-2/h8-10,12H,4-7H2,1-3H3,(H,18,19). The number of anilines is 1. The quantitative estimate of drug-likeness (QED) is 0.562. The lowest BCUT2D eigenvalue weighted by atomic mass is 10.1. The van der Waals surface area contributed by atoms with Gasteiger partial charge in [-0.3, -0.25) is 9.59 Å². The summed E-state index contributed by atoms with van der Waals surface area (Å²) in [7, 11) is 0. The van der Waals surface area contributed by atoms with E-state index in [9.17, 15) is 9.59 Å². The largest absolute Gasteiger partial charge is 0.492 e. The van der Waals surface area contributed by atoms with Crippen molar-refractivity contribution in [3.05, 3.63) is 23.8 Å². The molecule has 1 aromatic carbocycles. The van der Waals surface area contributed by atoms with Gasteiger partial charge < -0.3 is 10.1 Å². The molecule has 5 heteroatoms. The van der Waals surface area contributed by atoms with Gasteiger partial charge in [0, 0.05) is 12.0 Å². The molecule has 0 bridgehead atoms. The van der Waals surface area contributed by atoms with E-state index in [2.05, 4.69) is 21.2 Å². The third-order valence-corrected chi connectivity index (χ3v) is 4.02. The third kappa shape index (κ3) is 5.16. The highest BCUT2D eigenvalue weighted by atomic mass is 79.9. The summed E-state index contributed by atoms with van der Waals surface area (Å²) in [5.41, 5.74) is 1.19. The SMILES string of the molecule is CCCC(=O)Nc1ccc(C(=O)C(Br)CC)cc1OCC. The highest BCUT2D eigenvalue weighted by Gasteiger charge is 2.17. The van der Waals surface area contributed by atoms with Crippen LogP contribution >= 0.6 is 15.9 Å². The van der Waals surface area contributed by atoms with Crippen molar-refractivity contribution in [3.63, 3.8) is 0 Å². The number of hydrogen-bond acceptors (Lipinski definition) is 3. The van der Waals surface area contributed by atoms with Crippen LogP contribution in [0.3, 0.4) is 0 Å². The van der Waals surface area contributed by atoms with Crippen molar-refractivity contribution in [1.82, 2.24) is 0 Å². The summed E-state index contributed by atoms with van der Waals surface area (Å²) in [4.78, 5) is 23.7. The average Bonchev–Trinajstić information content (AvgIpc) is 2.48. The van der Waals surface area contributed by atoms with E-state index in [1.807, 2.05) is 20.8 Å². The van der Waals surface area contributed by atoms with E-state index in [1.165, 1.54) is 0 Å². The van der Waals surface area contributed by atoms with Crippen molar-refractivity contribution in [2.24, 2.45) is 0 Å². The van der Waals surface area contributed by atoms with Crippen LogP contribution in [0.5, 0.6) is 5.75 Å². The molecule has 1 unspecified atom stereocenters. The van der Waals surface area contributed by atoms with Crippen LogP contribution in [0.25, 0.3) is 0 Å². The van der Waals surface area contributed by atoms with Gasteiger partial charge in [-0.2, -0.15) is 0 Å². The van der Waals surface area contributed by atoms with Crippen molar-refractivity contribution in [2.45, 2.75) is 44.9 Å². The van der Waals surface area contributed by atoms with E-state index in [4.69, 9.17) is 4.74 Å². The van der Waals surface area contributed by atoms with Crippen molar-refractivity contribution >= 4 is 33.3 Å². The van der Waals surface area contributed by atoms with E-state index in [1.54, 1.807) is 18.2 Å². The Kier molecular flexibility index (Phi) is 7.43. The zero-order valence-electron chi connectivity index (χ0n) is 12.7. The number of halogens is 1. The Bertz CT molecular complexity index is 502. The van der Waals surface area contributed by atoms with Gasteiger partial charge in [0.15, 0.2) is 5.78 Å². The number of nitrogens with one attached hydrogen (secondary N) is 1. The molecule has 1 amide bonds. The van der Waals surface area contributed by atoms with Gasteiger partial charge in [-0.05, 0) is 38.0 Å². The topological polar surface area (TPSA) is 55.4 Å². The van der Waals surface area contributed by atoms with Gasteiger partial charge in [-0.15, -0.1) is 0 Å². The van der Waals surface area contributed by atoms with Gasteiger partial charge in [-0.25, -0.2) is 0 Å². The molecule has 0 aromatic heterocycles. The molecule has 0 aliphatic carbocycles. The highest BCUT2D eigenvalue weighted by Crippen LogP contribution is 2.28. The lowest BCUT2D eigenvalue weighted by Gasteiger charge is -2.14. The first-order valence-corrected chi connectivity index (χ1v) is 8.19. The molecule has 1 rings (SSSR count). The maximum atomic E-state index is 12.2. The summed E-state index contributed by atoms with van der Waals surface area (Å²) >= 11 is 3.36. The molecule has 116 valence electrons. The second kappa shape index (κ2) is 8.82. The number of Topliss-reactive ketones (excluding diaryl/α,β-unsaturated/α-hetero) is 1. The van der Waals surface area contributed by atoms with Gasteiger partial charge in [0.2, 0.25) is 5.91 Å². The molecule has 0 saturated heterocycles. The normalized spacial score (nSPS) is 11.8. The lowest BCUT2D eigenvalue weighted by molar-refractivity contribution is -0.116. The summed E-state index contributed by atoms with van der Waals surface area (Å²) in [5, 5.41) is 2.82. The van der Waals surface area contributed by atoms with Crippen molar-refractivity contribution in [3.8, 4) is 5.75 Å². The number of carbonyl (C=O) groups excluding carboxylic acids is 2. The summed E-state index contributed by atoms with van der Waals surface area (Å²) in [6.45, 7) is 6.23. The maximum absolute atomic E-state index is 12.2. The molecule has 0 aliphatic rings. The van der Waals surface area contributed by atoms with Gasteiger partial charge in [0.25, 0.3) is 0 Å². The summed E-state index contributed by atoms with van der Waals surface area (Å²) in [6, 6.07) is 5.13. The van der Waals surface area contributed by atoms with Gasteiger partial charge in [-0.1, -0.05) is 29.8 Å². The molecular formula is C16H22BrNO3. The van der Waals surface area contributed by atoms with Crippen LogP contribution in [0.4, 0.5) is 5.69 Å². The van der Waals surface area contributed by atoms with Crippen LogP contribution in [0.15, 0.2) is 18.2 Å². The Morgan fingerprint density at radius 3 is 2.57 bits per heavy atom. The van der Waals surface area contributed by atoms with E-state index in [-0.39, 0.29) is 16.5 Å².